The second-order valence-corrected chi connectivity index (χ2v) is 7.06. The predicted octanol–water partition coefficient (Wildman–Crippen LogP) is 2.31. The van der Waals surface area contributed by atoms with E-state index in [1.165, 1.54) is 5.56 Å². The maximum atomic E-state index is 9.16. The van der Waals surface area contributed by atoms with E-state index in [1.54, 1.807) is 0 Å². The Morgan fingerprint density at radius 2 is 1.56 bits per heavy atom. The molecule has 1 fully saturated rings. The van der Waals surface area contributed by atoms with Crippen LogP contribution in [0, 0.1) is 6.92 Å². The van der Waals surface area contributed by atoms with Gasteiger partial charge in [-0.15, -0.1) is 0 Å². The van der Waals surface area contributed by atoms with E-state index < -0.39 is 8.26 Å². The van der Waals surface area contributed by atoms with Crippen molar-refractivity contribution < 1.29 is 13.2 Å². The molecule has 1 aromatic rings. The lowest BCUT2D eigenvalue weighted by Gasteiger charge is -2.10. The van der Waals surface area contributed by atoms with Gasteiger partial charge >= 0.3 is 8.26 Å². The van der Waals surface area contributed by atoms with Crippen LogP contribution in [0.3, 0.4) is 0 Å². The molecule has 0 radical (unpaired) electrons. The molecular formula is C11H17Cl2NO3S. The third kappa shape index (κ3) is 18.0. The fourth-order valence-electron chi connectivity index (χ4n) is 1.05. The largest absolute Gasteiger partial charge is 0.379 e. The molecule has 1 aromatic carbocycles. The standard InChI is InChI=1S/C7H8.C4H9NO.Cl2O2S/c1-7-5-3-2-4-6-7;1-3-6-4-2-5-1;1-5(2,3)4/h2-6H,1H3;5H,1-4H2;. The van der Waals surface area contributed by atoms with Gasteiger partial charge in [-0.05, 0) is 6.92 Å². The van der Waals surface area contributed by atoms with Crippen molar-refractivity contribution in [1.29, 1.82) is 0 Å². The third-order valence-corrected chi connectivity index (χ3v) is 1.79. The zero-order valence-electron chi connectivity index (χ0n) is 10.1. The van der Waals surface area contributed by atoms with Crippen molar-refractivity contribution >= 4 is 29.6 Å². The molecule has 0 aromatic heterocycles. The van der Waals surface area contributed by atoms with E-state index in [0.717, 1.165) is 26.3 Å². The smallest absolute Gasteiger partial charge is 0.317 e. The van der Waals surface area contributed by atoms with Crippen molar-refractivity contribution in [1.82, 2.24) is 5.32 Å². The average Bonchev–Trinajstić information content (AvgIpc) is 2.31. The molecule has 1 saturated heterocycles. The molecule has 2 rings (SSSR count). The summed E-state index contributed by atoms with van der Waals surface area (Å²) in [6, 6.07) is 10.3. The quantitative estimate of drug-likeness (QED) is 0.747. The minimum Gasteiger partial charge on any atom is -0.379 e. The van der Waals surface area contributed by atoms with Crippen LogP contribution in [0.4, 0.5) is 0 Å². The summed E-state index contributed by atoms with van der Waals surface area (Å²) in [5.41, 5.74) is 1.32. The van der Waals surface area contributed by atoms with Gasteiger partial charge in [-0.25, -0.2) is 0 Å². The van der Waals surface area contributed by atoms with E-state index in [4.69, 9.17) is 13.2 Å². The minimum atomic E-state index is -3.72. The van der Waals surface area contributed by atoms with Crippen molar-refractivity contribution in [3.05, 3.63) is 35.9 Å². The maximum absolute atomic E-state index is 9.16. The second kappa shape index (κ2) is 10.6. The molecule has 104 valence electrons. The Labute approximate surface area is 117 Å². The molecule has 0 unspecified atom stereocenters. The number of nitrogens with one attached hydrogen (secondary N) is 1. The molecule has 1 N–H and O–H groups in total. The van der Waals surface area contributed by atoms with Crippen LogP contribution in [-0.2, 0) is 13.0 Å². The van der Waals surface area contributed by atoms with Gasteiger partial charge in [0.05, 0.1) is 13.2 Å². The van der Waals surface area contributed by atoms with Crippen molar-refractivity contribution in [3.8, 4) is 0 Å². The van der Waals surface area contributed by atoms with Gasteiger partial charge in [-0.3, -0.25) is 0 Å². The van der Waals surface area contributed by atoms with E-state index >= 15 is 0 Å². The van der Waals surface area contributed by atoms with E-state index in [1.807, 2.05) is 18.2 Å². The van der Waals surface area contributed by atoms with Gasteiger partial charge in [0.1, 0.15) is 0 Å². The van der Waals surface area contributed by atoms with E-state index in [2.05, 4.69) is 45.7 Å². The summed E-state index contributed by atoms with van der Waals surface area (Å²) in [5.74, 6) is 0. The van der Waals surface area contributed by atoms with Gasteiger partial charge in [0, 0.05) is 34.5 Å². The van der Waals surface area contributed by atoms with E-state index in [-0.39, 0.29) is 0 Å². The summed E-state index contributed by atoms with van der Waals surface area (Å²) in [6.07, 6.45) is 0. The molecule has 18 heavy (non-hydrogen) atoms. The molecule has 1 heterocycles. The van der Waals surface area contributed by atoms with Crippen LogP contribution >= 0.6 is 21.4 Å². The lowest BCUT2D eigenvalue weighted by molar-refractivity contribution is 0.109. The van der Waals surface area contributed by atoms with Crippen LogP contribution in [-0.4, -0.2) is 34.7 Å². The highest BCUT2D eigenvalue weighted by Gasteiger charge is 1.93. The zero-order valence-corrected chi connectivity index (χ0v) is 12.4. The van der Waals surface area contributed by atoms with Crippen LogP contribution < -0.4 is 5.32 Å². The highest BCUT2D eigenvalue weighted by Crippen LogP contribution is 1.98. The minimum absolute atomic E-state index is 0.889. The fraction of sp³-hybridized carbons (Fsp3) is 0.455. The Balaban J connectivity index is 0.000000245. The second-order valence-electron chi connectivity index (χ2n) is 3.40. The van der Waals surface area contributed by atoms with Crippen molar-refractivity contribution in [2.45, 2.75) is 6.92 Å². The van der Waals surface area contributed by atoms with E-state index in [0.29, 0.717) is 0 Å². The third-order valence-electron chi connectivity index (χ3n) is 1.79. The van der Waals surface area contributed by atoms with Gasteiger partial charge < -0.3 is 10.1 Å². The zero-order chi connectivity index (χ0) is 13.9. The number of ether oxygens (including phenoxy) is 1. The Bertz CT molecular complexity index is 374. The molecular weight excluding hydrogens is 297 g/mol. The lowest BCUT2D eigenvalue weighted by atomic mass is 10.2. The molecule has 1 aliphatic heterocycles. The predicted molar refractivity (Wildman–Crippen MR) is 75.5 cm³/mol. The molecule has 0 aliphatic carbocycles. The molecule has 1 aliphatic rings. The first-order valence-corrected chi connectivity index (χ1v) is 8.47. The fourth-order valence-corrected chi connectivity index (χ4v) is 1.05. The molecule has 4 nitrogen and oxygen atoms in total. The summed E-state index contributed by atoms with van der Waals surface area (Å²) in [7, 11) is 4.81. The normalized spacial score (nSPS) is 14.6. The highest BCUT2D eigenvalue weighted by atomic mass is 36.0. The van der Waals surface area contributed by atoms with Crippen LogP contribution in [0.1, 0.15) is 5.56 Å². The van der Waals surface area contributed by atoms with Gasteiger partial charge in [0.15, 0.2) is 0 Å². The lowest BCUT2D eigenvalue weighted by Crippen LogP contribution is -2.30. The first kappa shape index (κ1) is 17.7. The van der Waals surface area contributed by atoms with Crippen molar-refractivity contribution in [3.63, 3.8) is 0 Å². The average molecular weight is 314 g/mol. The Hall–Kier alpha value is -0.330. The number of aryl methyl sites for hydroxylation is 1. The summed E-state index contributed by atoms with van der Waals surface area (Å²) in [4.78, 5) is 0. The summed E-state index contributed by atoms with van der Waals surface area (Å²) in [6.45, 7) is 5.92. The first-order valence-electron chi connectivity index (χ1n) is 5.34. The number of benzene rings is 1. The molecule has 0 atom stereocenters. The topological polar surface area (TPSA) is 55.4 Å². The van der Waals surface area contributed by atoms with Crippen LogP contribution in [0.2, 0.25) is 0 Å². The van der Waals surface area contributed by atoms with Gasteiger partial charge in [0.25, 0.3) is 0 Å². The van der Waals surface area contributed by atoms with Gasteiger partial charge in [0.2, 0.25) is 0 Å². The van der Waals surface area contributed by atoms with Crippen LogP contribution in [0.5, 0.6) is 0 Å². The maximum Gasteiger partial charge on any atom is 0.317 e. The Kier molecular flexibility index (Phi) is 10.4. The van der Waals surface area contributed by atoms with Crippen LogP contribution in [0.25, 0.3) is 0 Å². The Morgan fingerprint density at radius 1 is 1.11 bits per heavy atom. The number of hydrogen-bond acceptors (Lipinski definition) is 4. The molecule has 0 spiro atoms. The molecule has 0 amide bonds. The number of morpholine rings is 1. The number of hydrogen-bond donors (Lipinski definition) is 1. The summed E-state index contributed by atoms with van der Waals surface area (Å²) >= 11 is 0. The number of rotatable bonds is 0. The molecule has 7 heteroatoms. The highest BCUT2D eigenvalue weighted by molar-refractivity contribution is 8.31. The van der Waals surface area contributed by atoms with Gasteiger partial charge in [-0.1, -0.05) is 35.9 Å². The number of halogens is 2. The monoisotopic (exact) mass is 313 g/mol. The molecule has 0 saturated carbocycles. The van der Waals surface area contributed by atoms with E-state index in [9.17, 15) is 0 Å². The van der Waals surface area contributed by atoms with Crippen molar-refractivity contribution in [2.24, 2.45) is 0 Å². The van der Waals surface area contributed by atoms with Gasteiger partial charge in [-0.2, -0.15) is 8.42 Å². The summed E-state index contributed by atoms with van der Waals surface area (Å²) in [5, 5.41) is 3.16. The SMILES string of the molecule is C1COCCN1.Cc1ccccc1.O=S(=O)(Cl)Cl. The Morgan fingerprint density at radius 3 is 1.72 bits per heavy atom. The first-order chi connectivity index (χ1) is 8.39. The van der Waals surface area contributed by atoms with Crippen LogP contribution in [0.15, 0.2) is 30.3 Å². The summed E-state index contributed by atoms with van der Waals surface area (Å²) < 4.78 is 23.3. The molecule has 0 bridgehead atoms. The van der Waals surface area contributed by atoms with Crippen molar-refractivity contribution in [2.75, 3.05) is 26.3 Å².